The van der Waals surface area contributed by atoms with E-state index in [0.29, 0.717) is 24.5 Å². The van der Waals surface area contributed by atoms with Crippen molar-refractivity contribution in [3.05, 3.63) is 70.4 Å². The number of hydrogen-bond donors (Lipinski definition) is 1. The molecule has 136 valence electrons. The highest BCUT2D eigenvalue weighted by molar-refractivity contribution is 6.31. The summed E-state index contributed by atoms with van der Waals surface area (Å²) in [4.78, 5) is 32.7. The highest BCUT2D eigenvalue weighted by Gasteiger charge is 2.43. The van der Waals surface area contributed by atoms with Gasteiger partial charge in [-0.2, -0.15) is 0 Å². The molecule has 1 N–H and O–H groups in total. The Morgan fingerprint density at radius 3 is 2.67 bits per heavy atom. The molecule has 1 saturated heterocycles. The van der Waals surface area contributed by atoms with Crippen molar-refractivity contribution in [1.82, 2.24) is 14.8 Å². The molecule has 6 heteroatoms. The number of carbonyl (C=O) groups is 2. The standard InChI is InChI=1S/C21H18ClN3O2/c22-16-7-3-1-5-13(16)10-24-12-20(26)25-11-18-15(9-19(25)21(24)27)14-6-2-4-8-17(14)23-18/h1-8,19,23H,9-12H2/t19-/m0/s1. The number of H-pyrrole nitrogens is 1. The maximum Gasteiger partial charge on any atom is 0.246 e. The first kappa shape index (κ1) is 16.4. The zero-order valence-electron chi connectivity index (χ0n) is 14.6. The maximum atomic E-state index is 13.2. The van der Waals surface area contributed by atoms with Crippen molar-refractivity contribution in [3.8, 4) is 0 Å². The van der Waals surface area contributed by atoms with Crippen LogP contribution >= 0.6 is 11.6 Å². The van der Waals surface area contributed by atoms with Gasteiger partial charge < -0.3 is 14.8 Å². The monoisotopic (exact) mass is 379 g/mol. The molecule has 0 aliphatic carbocycles. The predicted molar refractivity (Wildman–Crippen MR) is 103 cm³/mol. The number of benzene rings is 2. The summed E-state index contributed by atoms with van der Waals surface area (Å²) in [5.41, 5.74) is 4.09. The van der Waals surface area contributed by atoms with E-state index in [0.717, 1.165) is 27.7 Å². The number of carbonyl (C=O) groups excluding carboxylic acids is 2. The van der Waals surface area contributed by atoms with Crippen LogP contribution in [-0.4, -0.2) is 39.2 Å². The van der Waals surface area contributed by atoms with Crippen LogP contribution in [0, 0.1) is 0 Å². The number of nitrogens with one attached hydrogen (secondary N) is 1. The van der Waals surface area contributed by atoms with Gasteiger partial charge in [0.2, 0.25) is 11.8 Å². The van der Waals surface area contributed by atoms with E-state index in [4.69, 9.17) is 11.6 Å². The number of fused-ring (bicyclic) bond motifs is 4. The molecule has 3 heterocycles. The number of piperazine rings is 1. The van der Waals surface area contributed by atoms with Crippen LogP contribution < -0.4 is 0 Å². The smallest absolute Gasteiger partial charge is 0.246 e. The first-order valence-corrected chi connectivity index (χ1v) is 9.40. The van der Waals surface area contributed by atoms with E-state index in [1.807, 2.05) is 36.4 Å². The van der Waals surface area contributed by atoms with E-state index in [2.05, 4.69) is 11.1 Å². The van der Waals surface area contributed by atoms with Gasteiger partial charge in [-0.05, 0) is 23.3 Å². The molecule has 2 aromatic carbocycles. The molecule has 0 unspecified atom stereocenters. The van der Waals surface area contributed by atoms with Crippen LogP contribution in [0.4, 0.5) is 0 Å². The average molecular weight is 380 g/mol. The molecule has 5 nitrogen and oxygen atoms in total. The molecule has 1 atom stereocenters. The Bertz CT molecular complexity index is 1070. The van der Waals surface area contributed by atoms with E-state index >= 15 is 0 Å². The topological polar surface area (TPSA) is 56.4 Å². The lowest BCUT2D eigenvalue weighted by Gasteiger charge is -2.42. The normalized spacial score (nSPS) is 19.4. The van der Waals surface area contributed by atoms with Crippen LogP contribution in [0.3, 0.4) is 0 Å². The number of halogens is 1. The molecule has 0 radical (unpaired) electrons. The molecule has 27 heavy (non-hydrogen) atoms. The third kappa shape index (κ3) is 2.61. The lowest BCUT2D eigenvalue weighted by Crippen LogP contribution is -2.61. The first-order valence-electron chi connectivity index (χ1n) is 9.02. The summed E-state index contributed by atoms with van der Waals surface area (Å²) in [7, 11) is 0. The van der Waals surface area contributed by atoms with Crippen molar-refractivity contribution in [1.29, 1.82) is 0 Å². The predicted octanol–water partition coefficient (Wildman–Crippen LogP) is 3.12. The molecule has 5 rings (SSSR count). The summed E-state index contributed by atoms with van der Waals surface area (Å²) in [5, 5.41) is 1.75. The van der Waals surface area contributed by atoms with E-state index in [1.54, 1.807) is 15.9 Å². The van der Waals surface area contributed by atoms with Crippen LogP contribution in [0.5, 0.6) is 0 Å². The van der Waals surface area contributed by atoms with Gasteiger partial charge >= 0.3 is 0 Å². The van der Waals surface area contributed by atoms with E-state index in [-0.39, 0.29) is 18.4 Å². The Labute approximate surface area is 161 Å². The minimum atomic E-state index is -0.444. The minimum Gasteiger partial charge on any atom is -0.357 e. The van der Waals surface area contributed by atoms with E-state index < -0.39 is 6.04 Å². The van der Waals surface area contributed by atoms with Crippen molar-refractivity contribution >= 4 is 34.3 Å². The van der Waals surface area contributed by atoms with Crippen molar-refractivity contribution in [2.75, 3.05) is 6.54 Å². The van der Waals surface area contributed by atoms with Gasteiger partial charge in [-0.25, -0.2) is 0 Å². The van der Waals surface area contributed by atoms with E-state index in [1.165, 1.54) is 0 Å². The Morgan fingerprint density at radius 1 is 1.04 bits per heavy atom. The Hall–Kier alpha value is -2.79. The highest BCUT2D eigenvalue weighted by Crippen LogP contribution is 2.33. The summed E-state index contributed by atoms with van der Waals surface area (Å²) in [6, 6.07) is 15.1. The summed E-state index contributed by atoms with van der Waals surface area (Å²) in [6.07, 6.45) is 0.545. The van der Waals surface area contributed by atoms with Crippen molar-refractivity contribution < 1.29 is 9.59 Å². The number of hydrogen-bond acceptors (Lipinski definition) is 2. The molecule has 2 aliphatic rings. The quantitative estimate of drug-likeness (QED) is 0.743. The van der Waals surface area contributed by atoms with Gasteiger partial charge in [-0.1, -0.05) is 48.0 Å². The maximum absolute atomic E-state index is 13.2. The van der Waals surface area contributed by atoms with Gasteiger partial charge in [0.1, 0.15) is 12.6 Å². The number of rotatable bonds is 2. The van der Waals surface area contributed by atoms with Gasteiger partial charge in [0.15, 0.2) is 0 Å². The lowest BCUT2D eigenvalue weighted by atomic mass is 9.93. The lowest BCUT2D eigenvalue weighted by molar-refractivity contribution is -0.157. The third-order valence-corrected chi connectivity index (χ3v) is 5.94. The largest absolute Gasteiger partial charge is 0.357 e. The fraction of sp³-hybridized carbons (Fsp3) is 0.238. The highest BCUT2D eigenvalue weighted by atomic mass is 35.5. The molecular weight excluding hydrogens is 362 g/mol. The summed E-state index contributed by atoms with van der Waals surface area (Å²) >= 11 is 6.25. The molecule has 2 amide bonds. The fourth-order valence-electron chi connectivity index (χ4n) is 4.20. The van der Waals surface area contributed by atoms with E-state index in [9.17, 15) is 9.59 Å². The fourth-order valence-corrected chi connectivity index (χ4v) is 4.39. The van der Waals surface area contributed by atoms with Crippen LogP contribution in [0.1, 0.15) is 16.8 Å². The number of para-hydroxylation sites is 1. The van der Waals surface area contributed by atoms with Crippen LogP contribution in [0.2, 0.25) is 5.02 Å². The molecule has 0 spiro atoms. The molecule has 1 fully saturated rings. The van der Waals surface area contributed by atoms with Crippen molar-refractivity contribution in [3.63, 3.8) is 0 Å². The minimum absolute atomic E-state index is 0.00884. The van der Waals surface area contributed by atoms with Gasteiger partial charge in [-0.15, -0.1) is 0 Å². The number of aromatic nitrogens is 1. The second-order valence-electron chi connectivity index (χ2n) is 7.15. The number of amides is 2. The average Bonchev–Trinajstić information content (AvgIpc) is 3.04. The second kappa shape index (κ2) is 6.13. The first-order chi connectivity index (χ1) is 13.1. The number of nitrogens with zero attached hydrogens (tertiary/aromatic N) is 2. The molecule has 0 saturated carbocycles. The Morgan fingerprint density at radius 2 is 1.81 bits per heavy atom. The molecule has 3 aromatic rings. The van der Waals surface area contributed by atoms with Crippen molar-refractivity contribution in [2.24, 2.45) is 0 Å². The van der Waals surface area contributed by atoms with Gasteiger partial charge in [0.05, 0.1) is 6.54 Å². The van der Waals surface area contributed by atoms with Crippen LogP contribution in [0.15, 0.2) is 48.5 Å². The van der Waals surface area contributed by atoms with Gasteiger partial charge in [-0.3, -0.25) is 9.59 Å². The third-order valence-electron chi connectivity index (χ3n) is 5.57. The van der Waals surface area contributed by atoms with Crippen LogP contribution in [-0.2, 0) is 29.1 Å². The zero-order valence-corrected chi connectivity index (χ0v) is 15.4. The zero-order chi connectivity index (χ0) is 18.5. The summed E-state index contributed by atoms with van der Waals surface area (Å²) in [6.45, 7) is 0.907. The SMILES string of the molecule is O=C1[C@@H]2Cc3c([nH]c4ccccc34)CN2C(=O)CN1Cc1ccccc1Cl. The second-order valence-corrected chi connectivity index (χ2v) is 7.56. The summed E-state index contributed by atoms with van der Waals surface area (Å²) in [5.74, 6) is -0.0265. The molecule has 1 aromatic heterocycles. The Balaban J connectivity index is 1.48. The van der Waals surface area contributed by atoms with Gasteiger partial charge in [0.25, 0.3) is 0 Å². The van der Waals surface area contributed by atoms with Crippen LogP contribution in [0.25, 0.3) is 10.9 Å². The molecular formula is C21H18ClN3O2. The van der Waals surface area contributed by atoms with Gasteiger partial charge in [0, 0.05) is 34.6 Å². The molecule has 2 aliphatic heterocycles. The molecule has 0 bridgehead atoms. The number of aromatic amines is 1. The summed E-state index contributed by atoms with van der Waals surface area (Å²) < 4.78 is 0. The Kier molecular flexibility index (Phi) is 3.72. The van der Waals surface area contributed by atoms with Crippen molar-refractivity contribution in [2.45, 2.75) is 25.6 Å².